The van der Waals surface area contributed by atoms with Gasteiger partial charge < -0.3 is 10.2 Å². The quantitative estimate of drug-likeness (QED) is 0.655. The van der Waals surface area contributed by atoms with Crippen LogP contribution >= 0.6 is 0 Å². The van der Waals surface area contributed by atoms with E-state index < -0.39 is 0 Å². The molecule has 1 fully saturated rings. The van der Waals surface area contributed by atoms with Crippen LogP contribution in [0.3, 0.4) is 0 Å². The van der Waals surface area contributed by atoms with Crippen LogP contribution in [-0.4, -0.2) is 37.1 Å². The lowest BCUT2D eigenvalue weighted by atomic mass is 10.1. The van der Waals surface area contributed by atoms with Crippen molar-refractivity contribution in [2.24, 2.45) is 5.92 Å². The number of hydrogen-bond donors (Lipinski definition) is 1. The summed E-state index contributed by atoms with van der Waals surface area (Å²) < 4.78 is 0. The Bertz CT molecular complexity index is 185. The zero-order chi connectivity index (χ0) is 12.7. The highest BCUT2D eigenvalue weighted by Crippen LogP contribution is 2.24. The van der Waals surface area contributed by atoms with E-state index in [1.165, 1.54) is 45.1 Å². The van der Waals surface area contributed by atoms with Gasteiger partial charge in [0, 0.05) is 12.1 Å². The molecule has 0 radical (unpaired) electrons. The lowest BCUT2D eigenvalue weighted by Gasteiger charge is -2.30. The molecule has 1 unspecified atom stereocenters. The Labute approximate surface area is 108 Å². The predicted octanol–water partition coefficient (Wildman–Crippen LogP) is 3.28. The average Bonchev–Trinajstić information content (AvgIpc) is 2.80. The van der Waals surface area contributed by atoms with Gasteiger partial charge in [-0.3, -0.25) is 0 Å². The van der Waals surface area contributed by atoms with Crippen molar-refractivity contribution in [1.82, 2.24) is 10.2 Å². The van der Waals surface area contributed by atoms with Crippen molar-refractivity contribution in [3.63, 3.8) is 0 Å². The summed E-state index contributed by atoms with van der Waals surface area (Å²) in [5, 5.41) is 3.53. The fraction of sp³-hybridized carbons (Fsp3) is 1.00. The molecule has 102 valence electrons. The molecule has 1 aliphatic rings. The average molecular weight is 240 g/mol. The van der Waals surface area contributed by atoms with E-state index >= 15 is 0 Å². The Morgan fingerprint density at radius 2 is 1.82 bits per heavy atom. The number of rotatable bonds is 8. The Hall–Kier alpha value is -0.0800. The van der Waals surface area contributed by atoms with Crippen LogP contribution in [-0.2, 0) is 0 Å². The third-order valence-corrected chi connectivity index (χ3v) is 4.12. The van der Waals surface area contributed by atoms with E-state index in [2.05, 4.69) is 38.0 Å². The predicted molar refractivity (Wildman–Crippen MR) is 76.4 cm³/mol. The van der Waals surface area contributed by atoms with Gasteiger partial charge in [0.2, 0.25) is 0 Å². The molecular formula is C15H32N2. The topological polar surface area (TPSA) is 15.3 Å². The fourth-order valence-electron chi connectivity index (χ4n) is 2.79. The third kappa shape index (κ3) is 5.87. The summed E-state index contributed by atoms with van der Waals surface area (Å²) in [5.41, 5.74) is 0. The lowest BCUT2D eigenvalue weighted by molar-refractivity contribution is 0.176. The molecule has 0 aromatic heterocycles. The second-order valence-electron chi connectivity index (χ2n) is 6.19. The molecule has 0 heterocycles. The van der Waals surface area contributed by atoms with Crippen LogP contribution in [0.25, 0.3) is 0 Å². The van der Waals surface area contributed by atoms with Crippen molar-refractivity contribution in [3.8, 4) is 0 Å². The Balaban J connectivity index is 2.05. The van der Waals surface area contributed by atoms with Gasteiger partial charge in [-0.2, -0.15) is 0 Å². The molecule has 2 heteroatoms. The second kappa shape index (κ2) is 8.10. The van der Waals surface area contributed by atoms with E-state index in [0.717, 1.165) is 24.5 Å². The summed E-state index contributed by atoms with van der Waals surface area (Å²) >= 11 is 0. The first-order valence-electron chi connectivity index (χ1n) is 7.54. The SMILES string of the molecule is CC(C)CNCCCC(C)N(C)C1CCCC1. The normalized spacial score (nSPS) is 19.4. The maximum absolute atomic E-state index is 3.53. The van der Waals surface area contributed by atoms with Crippen LogP contribution in [0.2, 0.25) is 0 Å². The van der Waals surface area contributed by atoms with Crippen LogP contribution in [0.4, 0.5) is 0 Å². The summed E-state index contributed by atoms with van der Waals surface area (Å²) in [6, 6.07) is 1.62. The van der Waals surface area contributed by atoms with Gasteiger partial charge in [0.1, 0.15) is 0 Å². The molecule has 0 aliphatic heterocycles. The van der Waals surface area contributed by atoms with E-state index in [1.54, 1.807) is 0 Å². The van der Waals surface area contributed by atoms with Gasteiger partial charge in [-0.1, -0.05) is 26.7 Å². The minimum atomic E-state index is 0.749. The van der Waals surface area contributed by atoms with E-state index in [4.69, 9.17) is 0 Å². The summed E-state index contributed by atoms with van der Waals surface area (Å²) in [5.74, 6) is 0.772. The molecular weight excluding hydrogens is 208 g/mol. The summed E-state index contributed by atoms with van der Waals surface area (Å²) in [7, 11) is 2.32. The Kier molecular flexibility index (Phi) is 7.14. The van der Waals surface area contributed by atoms with Crippen molar-refractivity contribution in [2.45, 2.75) is 71.4 Å². The molecule has 0 amide bonds. The lowest BCUT2D eigenvalue weighted by Crippen LogP contribution is -2.37. The van der Waals surface area contributed by atoms with Gasteiger partial charge in [0.05, 0.1) is 0 Å². The molecule has 0 aromatic carbocycles. The molecule has 1 rings (SSSR count). The largest absolute Gasteiger partial charge is 0.316 e. The first-order valence-corrected chi connectivity index (χ1v) is 7.54. The van der Waals surface area contributed by atoms with E-state index in [1.807, 2.05) is 0 Å². The van der Waals surface area contributed by atoms with Gasteiger partial charge in [0.15, 0.2) is 0 Å². The molecule has 2 nitrogen and oxygen atoms in total. The highest BCUT2D eigenvalue weighted by molar-refractivity contribution is 4.78. The molecule has 1 N–H and O–H groups in total. The Morgan fingerprint density at radius 1 is 1.18 bits per heavy atom. The summed E-state index contributed by atoms with van der Waals surface area (Å²) in [4.78, 5) is 2.62. The van der Waals surface area contributed by atoms with Crippen molar-refractivity contribution >= 4 is 0 Å². The monoisotopic (exact) mass is 240 g/mol. The highest BCUT2D eigenvalue weighted by Gasteiger charge is 2.22. The first kappa shape index (κ1) is 15.0. The maximum Gasteiger partial charge on any atom is 0.00950 e. The molecule has 0 saturated heterocycles. The van der Waals surface area contributed by atoms with Gasteiger partial charge in [-0.15, -0.1) is 0 Å². The summed E-state index contributed by atoms with van der Waals surface area (Å²) in [6.45, 7) is 9.27. The number of nitrogens with one attached hydrogen (secondary N) is 1. The van der Waals surface area contributed by atoms with Crippen LogP contribution < -0.4 is 5.32 Å². The number of hydrogen-bond acceptors (Lipinski definition) is 2. The molecule has 0 aromatic rings. The molecule has 0 bridgehead atoms. The van der Waals surface area contributed by atoms with Crippen molar-refractivity contribution in [3.05, 3.63) is 0 Å². The van der Waals surface area contributed by atoms with Crippen LogP contribution in [0.15, 0.2) is 0 Å². The van der Waals surface area contributed by atoms with Crippen molar-refractivity contribution in [1.29, 1.82) is 0 Å². The van der Waals surface area contributed by atoms with Gasteiger partial charge >= 0.3 is 0 Å². The summed E-state index contributed by atoms with van der Waals surface area (Å²) in [6.07, 6.45) is 8.37. The smallest absolute Gasteiger partial charge is 0.00950 e. The molecule has 0 spiro atoms. The molecule has 1 atom stereocenters. The van der Waals surface area contributed by atoms with Gasteiger partial charge in [-0.05, 0) is 58.7 Å². The third-order valence-electron chi connectivity index (χ3n) is 4.12. The zero-order valence-corrected chi connectivity index (χ0v) is 12.3. The fourth-order valence-corrected chi connectivity index (χ4v) is 2.79. The van der Waals surface area contributed by atoms with Crippen molar-refractivity contribution in [2.75, 3.05) is 20.1 Å². The van der Waals surface area contributed by atoms with Crippen molar-refractivity contribution < 1.29 is 0 Å². The highest BCUT2D eigenvalue weighted by atomic mass is 15.2. The molecule has 17 heavy (non-hydrogen) atoms. The second-order valence-corrected chi connectivity index (χ2v) is 6.19. The zero-order valence-electron chi connectivity index (χ0n) is 12.3. The van der Waals surface area contributed by atoms with Crippen LogP contribution in [0.1, 0.15) is 59.3 Å². The molecule has 1 aliphatic carbocycles. The maximum atomic E-state index is 3.53. The number of nitrogens with zero attached hydrogens (tertiary/aromatic N) is 1. The molecule has 1 saturated carbocycles. The standard InChI is InChI=1S/C15H32N2/c1-13(2)12-16-11-7-8-14(3)17(4)15-9-5-6-10-15/h13-16H,5-12H2,1-4H3. The van der Waals surface area contributed by atoms with Gasteiger partial charge in [-0.25, -0.2) is 0 Å². The minimum Gasteiger partial charge on any atom is -0.316 e. The van der Waals surface area contributed by atoms with E-state index in [0.29, 0.717) is 0 Å². The van der Waals surface area contributed by atoms with Crippen LogP contribution in [0.5, 0.6) is 0 Å². The first-order chi connectivity index (χ1) is 8.11. The van der Waals surface area contributed by atoms with E-state index in [9.17, 15) is 0 Å². The minimum absolute atomic E-state index is 0.749. The van der Waals surface area contributed by atoms with E-state index in [-0.39, 0.29) is 0 Å². The van der Waals surface area contributed by atoms with Crippen LogP contribution in [0, 0.1) is 5.92 Å². The Morgan fingerprint density at radius 3 is 2.41 bits per heavy atom. The van der Waals surface area contributed by atoms with Gasteiger partial charge in [0.25, 0.3) is 0 Å².